The van der Waals surface area contributed by atoms with Crippen LogP contribution >= 0.6 is 0 Å². The van der Waals surface area contributed by atoms with Crippen molar-refractivity contribution in [2.75, 3.05) is 0 Å². The molecule has 2 bridgehead atoms. The Kier molecular flexibility index (Phi) is 2.69. The van der Waals surface area contributed by atoms with E-state index in [1.54, 1.807) is 5.57 Å². The number of carbonyl (C=O) groups excluding carboxylic acids is 1. The summed E-state index contributed by atoms with van der Waals surface area (Å²) >= 11 is 0. The van der Waals surface area contributed by atoms with E-state index in [9.17, 15) is 4.79 Å². The molecule has 0 aromatic rings. The topological polar surface area (TPSA) is 17.1 Å². The number of hydrogen-bond acceptors (Lipinski definition) is 1. The van der Waals surface area contributed by atoms with Crippen molar-refractivity contribution in [3.05, 3.63) is 12.2 Å². The Bertz CT molecular complexity index is 516. The van der Waals surface area contributed by atoms with E-state index in [-0.39, 0.29) is 5.41 Å². The molecule has 0 amide bonds. The van der Waals surface area contributed by atoms with Gasteiger partial charge in [-0.05, 0) is 73.5 Å². The molecule has 4 aliphatic carbocycles. The lowest BCUT2D eigenvalue weighted by atomic mass is 9.41. The van der Waals surface area contributed by atoms with Crippen LogP contribution in [0.1, 0.15) is 72.1 Å². The number of Topliss-reactive ketones (excluding diaryl/α,β-unsaturated/α-hetero) is 1. The molecule has 116 valence electrons. The molecule has 1 heteroatoms. The fourth-order valence-electron chi connectivity index (χ4n) is 7.38. The molecular weight excluding hydrogens is 256 g/mol. The van der Waals surface area contributed by atoms with E-state index in [4.69, 9.17) is 0 Å². The zero-order valence-corrected chi connectivity index (χ0v) is 14.0. The highest BCUT2D eigenvalue weighted by molar-refractivity contribution is 5.85. The van der Waals surface area contributed by atoms with Gasteiger partial charge in [0.15, 0.2) is 0 Å². The van der Waals surface area contributed by atoms with Crippen LogP contribution < -0.4 is 0 Å². The lowest BCUT2D eigenvalue weighted by molar-refractivity contribution is -0.165. The van der Waals surface area contributed by atoms with Crippen LogP contribution in [0.3, 0.4) is 0 Å². The first-order valence-corrected chi connectivity index (χ1v) is 9.01. The van der Waals surface area contributed by atoms with Gasteiger partial charge in [-0.25, -0.2) is 0 Å². The van der Waals surface area contributed by atoms with Crippen LogP contribution in [0.4, 0.5) is 0 Å². The van der Waals surface area contributed by atoms with Gasteiger partial charge in [0.2, 0.25) is 0 Å². The summed E-state index contributed by atoms with van der Waals surface area (Å²) in [4.78, 5) is 12.5. The second-order valence-electron chi connectivity index (χ2n) is 9.47. The molecular formula is C20H30O. The zero-order chi connectivity index (χ0) is 15.0. The van der Waals surface area contributed by atoms with Crippen LogP contribution in [0.2, 0.25) is 0 Å². The number of fused-ring (bicyclic) bond motifs is 3. The number of rotatable bonds is 0. The number of allylic oxidation sites excluding steroid dienone is 1. The average molecular weight is 286 g/mol. The Morgan fingerprint density at radius 2 is 1.81 bits per heavy atom. The van der Waals surface area contributed by atoms with E-state index in [0.29, 0.717) is 22.5 Å². The van der Waals surface area contributed by atoms with Gasteiger partial charge in [0.1, 0.15) is 5.78 Å². The molecule has 1 nitrogen and oxygen atoms in total. The van der Waals surface area contributed by atoms with Gasteiger partial charge in [-0.1, -0.05) is 32.9 Å². The highest BCUT2D eigenvalue weighted by atomic mass is 16.1. The summed E-state index contributed by atoms with van der Waals surface area (Å²) in [5.74, 6) is 2.78. The molecule has 0 aliphatic heterocycles. The molecule has 21 heavy (non-hydrogen) atoms. The largest absolute Gasteiger partial charge is 0.299 e. The zero-order valence-electron chi connectivity index (χ0n) is 14.0. The first kappa shape index (κ1) is 14.0. The molecule has 4 saturated carbocycles. The van der Waals surface area contributed by atoms with Gasteiger partial charge in [0, 0.05) is 11.8 Å². The number of hydrogen-bond donors (Lipinski definition) is 0. The molecule has 4 aliphatic rings. The monoisotopic (exact) mass is 286 g/mol. The van der Waals surface area contributed by atoms with E-state index < -0.39 is 0 Å². The van der Waals surface area contributed by atoms with E-state index >= 15 is 0 Å². The van der Waals surface area contributed by atoms with Gasteiger partial charge in [-0.3, -0.25) is 4.79 Å². The smallest absolute Gasteiger partial charge is 0.138 e. The van der Waals surface area contributed by atoms with Crippen molar-refractivity contribution < 1.29 is 4.79 Å². The Morgan fingerprint density at radius 1 is 1.05 bits per heavy atom. The van der Waals surface area contributed by atoms with Crippen LogP contribution in [0.15, 0.2) is 12.2 Å². The number of carbonyl (C=O) groups is 1. The Morgan fingerprint density at radius 3 is 2.57 bits per heavy atom. The summed E-state index contributed by atoms with van der Waals surface area (Å²) in [5, 5.41) is 0. The van der Waals surface area contributed by atoms with Gasteiger partial charge in [0.05, 0.1) is 0 Å². The minimum absolute atomic E-state index is 0.0962. The van der Waals surface area contributed by atoms with Crippen molar-refractivity contribution in [3.8, 4) is 0 Å². The summed E-state index contributed by atoms with van der Waals surface area (Å²) in [5.41, 5.74) is 2.40. The molecule has 0 N–H and O–H groups in total. The van der Waals surface area contributed by atoms with Crippen molar-refractivity contribution in [2.45, 2.75) is 72.1 Å². The van der Waals surface area contributed by atoms with Gasteiger partial charge in [-0.2, -0.15) is 0 Å². The van der Waals surface area contributed by atoms with E-state index in [0.717, 1.165) is 24.7 Å². The van der Waals surface area contributed by atoms with Crippen LogP contribution in [0, 0.1) is 34.0 Å². The van der Waals surface area contributed by atoms with Crippen LogP contribution in [-0.2, 0) is 4.79 Å². The lowest BCUT2D eigenvalue weighted by Gasteiger charge is -2.63. The Hall–Kier alpha value is -0.590. The minimum atomic E-state index is -0.0962. The third-order valence-electron chi connectivity index (χ3n) is 8.36. The van der Waals surface area contributed by atoms with Crippen molar-refractivity contribution in [2.24, 2.45) is 34.0 Å². The van der Waals surface area contributed by atoms with Crippen molar-refractivity contribution in [1.82, 2.24) is 0 Å². The third kappa shape index (κ3) is 1.61. The maximum absolute atomic E-state index is 12.5. The summed E-state index contributed by atoms with van der Waals surface area (Å²) in [7, 11) is 0. The maximum Gasteiger partial charge on any atom is 0.138 e. The van der Waals surface area contributed by atoms with E-state index in [1.165, 1.54) is 38.5 Å². The Balaban J connectivity index is 1.75. The van der Waals surface area contributed by atoms with Gasteiger partial charge >= 0.3 is 0 Å². The van der Waals surface area contributed by atoms with Crippen molar-refractivity contribution in [3.63, 3.8) is 0 Å². The fraction of sp³-hybridized carbons (Fsp3) is 0.850. The molecule has 1 spiro atoms. The second kappa shape index (κ2) is 4.03. The van der Waals surface area contributed by atoms with Crippen LogP contribution in [0.5, 0.6) is 0 Å². The van der Waals surface area contributed by atoms with E-state index in [1.807, 2.05) is 0 Å². The summed E-state index contributed by atoms with van der Waals surface area (Å²) < 4.78 is 0. The van der Waals surface area contributed by atoms with E-state index in [2.05, 4.69) is 27.4 Å². The average Bonchev–Trinajstić information content (AvgIpc) is 2.65. The van der Waals surface area contributed by atoms with Gasteiger partial charge in [0.25, 0.3) is 0 Å². The molecule has 4 fully saturated rings. The molecule has 0 aromatic heterocycles. The molecule has 0 radical (unpaired) electrons. The number of ketones is 1. The molecule has 5 atom stereocenters. The molecule has 0 unspecified atom stereocenters. The molecule has 4 rings (SSSR count). The molecule has 0 aromatic carbocycles. The molecule has 0 heterocycles. The first-order chi connectivity index (χ1) is 9.80. The highest BCUT2D eigenvalue weighted by Crippen LogP contribution is 2.71. The van der Waals surface area contributed by atoms with Gasteiger partial charge < -0.3 is 0 Å². The summed E-state index contributed by atoms with van der Waals surface area (Å²) in [6.07, 6.45) is 10.0. The minimum Gasteiger partial charge on any atom is -0.299 e. The quantitative estimate of drug-likeness (QED) is 0.562. The maximum atomic E-state index is 12.5. The Labute approximate surface area is 129 Å². The van der Waals surface area contributed by atoms with Crippen LogP contribution in [0.25, 0.3) is 0 Å². The standard InChI is InChI=1S/C20H30O/c1-13-11-20-10-7-15-18(2,3)17(21)8-9-19(15,4)16(20)6-5-14(13)12-20/h14-16H,1,5-12H2,2-4H3/t14-,15+,16-,19+,20+/m1/s1. The van der Waals surface area contributed by atoms with Crippen molar-refractivity contribution >= 4 is 5.78 Å². The van der Waals surface area contributed by atoms with Crippen LogP contribution in [-0.4, -0.2) is 5.78 Å². The summed E-state index contributed by atoms with van der Waals surface area (Å²) in [6, 6.07) is 0. The normalized spacial score (nSPS) is 51.5. The SMILES string of the molecule is C=C1C[C@]23CC[C@H]4C(C)(C)C(=O)CC[C@]4(C)[C@H]2CC[C@@H]1C3. The summed E-state index contributed by atoms with van der Waals surface area (Å²) in [6.45, 7) is 11.4. The third-order valence-corrected chi connectivity index (χ3v) is 8.36. The molecule has 0 saturated heterocycles. The predicted octanol–water partition coefficient (Wildman–Crippen LogP) is 5.15. The van der Waals surface area contributed by atoms with Crippen molar-refractivity contribution in [1.29, 1.82) is 0 Å². The lowest BCUT2D eigenvalue weighted by Crippen LogP contribution is -2.58. The first-order valence-electron chi connectivity index (χ1n) is 9.01. The van der Waals surface area contributed by atoms with Gasteiger partial charge in [-0.15, -0.1) is 0 Å². The highest BCUT2D eigenvalue weighted by Gasteiger charge is 2.64. The second-order valence-corrected chi connectivity index (χ2v) is 9.47. The fourth-order valence-corrected chi connectivity index (χ4v) is 7.38. The predicted molar refractivity (Wildman–Crippen MR) is 85.9 cm³/mol.